The van der Waals surface area contributed by atoms with Crippen molar-refractivity contribution in [3.05, 3.63) is 40.0 Å². The Morgan fingerprint density at radius 3 is 2.69 bits per heavy atom. The van der Waals surface area contributed by atoms with Crippen LogP contribution in [-0.4, -0.2) is 74.3 Å². The van der Waals surface area contributed by atoms with Gasteiger partial charge in [-0.1, -0.05) is 11.8 Å². The van der Waals surface area contributed by atoms with Gasteiger partial charge in [0.1, 0.15) is 23.0 Å². The quantitative estimate of drug-likeness (QED) is 0.260. The number of hydrogen-bond donors (Lipinski definition) is 2. The van der Waals surface area contributed by atoms with E-state index >= 15 is 0 Å². The Kier molecular flexibility index (Phi) is 7.59. The van der Waals surface area contributed by atoms with Gasteiger partial charge in [0.2, 0.25) is 5.91 Å². The van der Waals surface area contributed by atoms with E-state index in [0.29, 0.717) is 46.8 Å². The van der Waals surface area contributed by atoms with Crippen molar-refractivity contribution in [3.63, 3.8) is 0 Å². The summed E-state index contributed by atoms with van der Waals surface area (Å²) in [6.45, 7) is 0.0341. The molecule has 0 aliphatic carbocycles. The maximum Gasteiger partial charge on any atom is 0.297 e. The Hall–Kier alpha value is -2.74. The third kappa shape index (κ3) is 5.42. The molecule has 0 bridgehead atoms. The third-order valence-corrected chi connectivity index (χ3v) is 8.01. The van der Waals surface area contributed by atoms with Crippen LogP contribution in [0.25, 0.3) is 11.0 Å². The maximum atomic E-state index is 13.3. The lowest BCUT2D eigenvalue weighted by Gasteiger charge is -2.37. The molecule has 0 atom stereocenters. The molecule has 9 nitrogen and oxygen atoms in total. The van der Waals surface area contributed by atoms with E-state index < -0.39 is 24.5 Å². The molecule has 2 N–H and O–H groups in total. The number of ether oxygens (including phenoxy) is 1. The number of nitrogens with zero attached hydrogens (tertiary/aromatic N) is 4. The molecule has 1 amide bonds. The highest BCUT2D eigenvalue weighted by Crippen LogP contribution is 2.38. The number of fused-ring (bicyclic) bond motifs is 1. The first-order valence-corrected chi connectivity index (χ1v) is 12.4. The maximum absolute atomic E-state index is 13.3. The smallest absolute Gasteiger partial charge is 0.297 e. The molecule has 1 aliphatic heterocycles. The molecule has 4 rings (SSSR count). The van der Waals surface area contributed by atoms with Crippen LogP contribution in [0.2, 0.25) is 0 Å². The van der Waals surface area contributed by atoms with Crippen LogP contribution < -0.4 is 4.74 Å². The second-order valence-electron chi connectivity index (χ2n) is 7.88. The number of aliphatic hydroxyl groups excluding tert-OH is 1. The number of aromatic nitrogens is 3. The number of methoxy groups -OCH3 is 1. The number of carbonyl (C=O) groups excluding carboxylic acids is 2. The Morgan fingerprint density at radius 2 is 2.03 bits per heavy atom. The van der Waals surface area contributed by atoms with Crippen LogP contribution in [0.15, 0.2) is 29.4 Å². The number of hydrogen-bond acceptors (Lipinski definition) is 10. The van der Waals surface area contributed by atoms with Gasteiger partial charge in [-0.2, -0.15) is 0 Å². The molecule has 186 valence electrons. The van der Waals surface area contributed by atoms with Gasteiger partial charge in [-0.15, -0.1) is 11.3 Å². The molecule has 35 heavy (non-hydrogen) atoms. The van der Waals surface area contributed by atoms with E-state index in [0.717, 1.165) is 23.1 Å². The lowest BCUT2D eigenvalue weighted by molar-refractivity contribution is -0.138. The largest absolute Gasteiger partial charge is 0.495 e. The van der Waals surface area contributed by atoms with E-state index in [1.807, 2.05) is 0 Å². The second-order valence-corrected chi connectivity index (χ2v) is 9.93. The first kappa shape index (κ1) is 25.4. The summed E-state index contributed by atoms with van der Waals surface area (Å²) in [5.74, 6) is -0.961. The summed E-state index contributed by atoms with van der Waals surface area (Å²) in [4.78, 5) is 38.8. The minimum atomic E-state index is -2.89. The minimum absolute atomic E-state index is 0.0663. The highest BCUT2D eigenvalue weighted by atomic mass is 32.2. The van der Waals surface area contributed by atoms with Gasteiger partial charge in [0.25, 0.3) is 6.43 Å². The summed E-state index contributed by atoms with van der Waals surface area (Å²) in [7, 11) is 1.45. The number of pyridine rings is 1. The zero-order valence-electron chi connectivity index (χ0n) is 18.6. The molecule has 3 aromatic heterocycles. The number of Topliss-reactive ketones (excluding diaryl/α,β-unsaturated/α-hetero) is 1. The molecule has 1 fully saturated rings. The summed E-state index contributed by atoms with van der Waals surface area (Å²) >= 11 is 2.16. The van der Waals surface area contributed by atoms with Crippen molar-refractivity contribution < 1.29 is 33.3 Å². The molecule has 0 radical (unpaired) electrons. The van der Waals surface area contributed by atoms with Gasteiger partial charge in [0, 0.05) is 18.0 Å². The van der Waals surface area contributed by atoms with Gasteiger partial charge in [0.05, 0.1) is 29.3 Å². The average Bonchev–Trinajstić information content (AvgIpc) is 3.38. The lowest BCUT2D eigenvalue weighted by Crippen LogP contribution is -2.45. The number of thioether (sulfide) groups is 1. The SMILES string of the molecule is COc1cnc2nc(C(F)F)nc(SCC(=O)c3ccc(C4(O)CCN(C(=O)CO)CC4)s3)c2c1. The number of thiophene rings is 1. The third-order valence-electron chi connectivity index (χ3n) is 5.70. The van der Waals surface area contributed by atoms with Crippen LogP contribution in [0.5, 0.6) is 5.75 Å². The lowest BCUT2D eigenvalue weighted by atomic mass is 9.90. The standard InChI is InChI=1S/C22H22F2N4O5S2/c1-33-12-8-13-19(25-9-12)26-20(18(23)24)27-21(13)34-11-14(30)15-2-3-16(35-15)22(32)4-6-28(7-5-22)17(31)10-29/h2-3,8-9,18,29,32H,4-7,10-11H2,1H3. The number of rotatable bonds is 8. The van der Waals surface area contributed by atoms with Crippen molar-refractivity contribution in [2.24, 2.45) is 0 Å². The van der Waals surface area contributed by atoms with Crippen LogP contribution in [0.4, 0.5) is 8.78 Å². The number of amides is 1. The first-order chi connectivity index (χ1) is 16.7. The Balaban J connectivity index is 1.48. The number of carbonyl (C=O) groups is 2. The molecule has 13 heteroatoms. The van der Waals surface area contributed by atoms with E-state index in [4.69, 9.17) is 9.84 Å². The van der Waals surface area contributed by atoms with E-state index in [-0.39, 0.29) is 28.1 Å². The summed E-state index contributed by atoms with van der Waals surface area (Å²) in [6.07, 6.45) is -0.940. The fourth-order valence-electron chi connectivity index (χ4n) is 3.72. The van der Waals surface area contributed by atoms with Gasteiger partial charge in [-0.25, -0.2) is 23.7 Å². The van der Waals surface area contributed by atoms with Crippen molar-refractivity contribution in [1.29, 1.82) is 0 Å². The highest BCUT2D eigenvalue weighted by Gasteiger charge is 2.36. The van der Waals surface area contributed by atoms with Gasteiger partial charge < -0.3 is 19.8 Å². The molecule has 0 unspecified atom stereocenters. The number of piperidine rings is 1. The van der Waals surface area contributed by atoms with Crippen LogP contribution in [-0.2, 0) is 10.4 Å². The Bertz CT molecular complexity index is 1250. The molecule has 4 heterocycles. The van der Waals surface area contributed by atoms with Crippen molar-refractivity contribution in [1.82, 2.24) is 19.9 Å². The van der Waals surface area contributed by atoms with Crippen LogP contribution in [0.3, 0.4) is 0 Å². The van der Waals surface area contributed by atoms with Crippen LogP contribution >= 0.6 is 23.1 Å². The van der Waals surface area contributed by atoms with E-state index in [1.54, 1.807) is 18.2 Å². The molecule has 0 aromatic carbocycles. The van der Waals surface area contributed by atoms with E-state index in [9.17, 15) is 23.5 Å². The van der Waals surface area contributed by atoms with Gasteiger partial charge >= 0.3 is 0 Å². The topological polar surface area (TPSA) is 126 Å². The Labute approximate surface area is 207 Å². The van der Waals surface area contributed by atoms with Crippen LogP contribution in [0, 0.1) is 0 Å². The van der Waals surface area contributed by atoms with Crippen molar-refractivity contribution >= 4 is 45.8 Å². The van der Waals surface area contributed by atoms with Gasteiger partial charge in [-0.05, 0) is 31.0 Å². The average molecular weight is 525 g/mol. The normalized spacial score (nSPS) is 15.5. The van der Waals surface area contributed by atoms with Crippen molar-refractivity contribution in [3.8, 4) is 5.75 Å². The summed E-state index contributed by atoms with van der Waals surface area (Å²) in [6, 6.07) is 4.90. The zero-order valence-corrected chi connectivity index (χ0v) is 20.2. The molecular weight excluding hydrogens is 502 g/mol. The predicted octanol–water partition coefficient (Wildman–Crippen LogP) is 2.81. The summed E-state index contributed by atoms with van der Waals surface area (Å²) in [5, 5.41) is 20.7. The van der Waals surface area contributed by atoms with E-state index in [1.165, 1.54) is 18.2 Å². The fraction of sp³-hybridized carbons (Fsp3) is 0.409. The summed E-state index contributed by atoms with van der Waals surface area (Å²) in [5.41, 5.74) is -1.09. The van der Waals surface area contributed by atoms with Crippen molar-refractivity contribution in [2.75, 3.05) is 32.6 Å². The van der Waals surface area contributed by atoms with Crippen LogP contribution in [0.1, 0.15) is 39.6 Å². The molecule has 3 aromatic rings. The van der Waals surface area contributed by atoms with E-state index in [2.05, 4.69) is 15.0 Å². The minimum Gasteiger partial charge on any atom is -0.495 e. The number of aliphatic hydroxyl groups is 2. The molecule has 0 spiro atoms. The predicted molar refractivity (Wildman–Crippen MR) is 125 cm³/mol. The molecular formula is C22H22F2N4O5S2. The number of likely N-dealkylation sites (tertiary alicyclic amines) is 1. The molecule has 1 aliphatic rings. The monoisotopic (exact) mass is 524 g/mol. The van der Waals surface area contributed by atoms with Crippen molar-refractivity contribution in [2.45, 2.75) is 29.9 Å². The second kappa shape index (κ2) is 10.5. The summed E-state index contributed by atoms with van der Waals surface area (Å²) < 4.78 is 31.7. The molecule has 0 saturated carbocycles. The first-order valence-electron chi connectivity index (χ1n) is 10.6. The number of ketones is 1. The highest BCUT2D eigenvalue weighted by molar-refractivity contribution is 8.00. The number of alkyl halides is 2. The van der Waals surface area contributed by atoms with Gasteiger partial charge in [0.15, 0.2) is 17.3 Å². The zero-order chi connectivity index (χ0) is 25.2. The Morgan fingerprint density at radius 1 is 1.29 bits per heavy atom. The molecule has 1 saturated heterocycles. The number of halogens is 2. The van der Waals surface area contributed by atoms with Gasteiger partial charge in [-0.3, -0.25) is 9.59 Å². The fourth-order valence-corrected chi connectivity index (χ4v) is 5.78.